The van der Waals surface area contributed by atoms with Crippen LogP contribution in [0.15, 0.2) is 48.7 Å². The van der Waals surface area contributed by atoms with Crippen LogP contribution in [0.3, 0.4) is 0 Å². The van der Waals surface area contributed by atoms with Gasteiger partial charge in [-0.05, 0) is 37.1 Å². The Morgan fingerprint density at radius 2 is 2.09 bits per heavy atom. The summed E-state index contributed by atoms with van der Waals surface area (Å²) in [6.07, 6.45) is 3.06. The molecule has 0 bridgehead atoms. The molecule has 3 rings (SSSR count). The smallest absolute Gasteiger partial charge is 0.125 e. The fourth-order valence-corrected chi connectivity index (χ4v) is 3.01. The van der Waals surface area contributed by atoms with Crippen LogP contribution in [0.1, 0.15) is 12.0 Å². The number of methoxy groups -OCH3 is 1. The van der Waals surface area contributed by atoms with Crippen LogP contribution >= 0.6 is 0 Å². The second-order valence-corrected chi connectivity index (χ2v) is 5.80. The number of rotatable bonds is 6. The van der Waals surface area contributed by atoms with Gasteiger partial charge in [0.25, 0.3) is 0 Å². The molecule has 22 heavy (non-hydrogen) atoms. The largest absolute Gasteiger partial charge is 0.496 e. The summed E-state index contributed by atoms with van der Waals surface area (Å²) in [7, 11) is 1.74. The van der Waals surface area contributed by atoms with Crippen LogP contribution in [0.4, 0.5) is 5.82 Å². The van der Waals surface area contributed by atoms with Crippen LogP contribution < -0.4 is 10.1 Å². The predicted molar refractivity (Wildman–Crippen MR) is 89.1 cm³/mol. The maximum atomic E-state index is 5.44. The van der Waals surface area contributed by atoms with Crippen LogP contribution in [0, 0.1) is 5.92 Å². The van der Waals surface area contributed by atoms with E-state index in [1.807, 2.05) is 36.5 Å². The van der Waals surface area contributed by atoms with Gasteiger partial charge < -0.3 is 10.1 Å². The summed E-state index contributed by atoms with van der Waals surface area (Å²) in [6, 6.07) is 14.2. The van der Waals surface area contributed by atoms with Crippen molar-refractivity contribution in [1.29, 1.82) is 0 Å². The van der Waals surface area contributed by atoms with Crippen molar-refractivity contribution in [2.75, 3.05) is 32.1 Å². The van der Waals surface area contributed by atoms with Crippen molar-refractivity contribution < 1.29 is 4.74 Å². The zero-order valence-corrected chi connectivity index (χ0v) is 13.0. The SMILES string of the molecule is COc1ccccc1CN1CC[C@H](CNc2ccccn2)C1. The molecule has 0 unspecified atom stereocenters. The van der Waals surface area contributed by atoms with E-state index in [1.165, 1.54) is 12.0 Å². The van der Waals surface area contributed by atoms with Crippen LogP contribution in [-0.4, -0.2) is 36.6 Å². The van der Waals surface area contributed by atoms with E-state index < -0.39 is 0 Å². The van der Waals surface area contributed by atoms with Gasteiger partial charge in [-0.3, -0.25) is 4.90 Å². The molecule has 4 heteroatoms. The van der Waals surface area contributed by atoms with Gasteiger partial charge in [0, 0.05) is 31.4 Å². The van der Waals surface area contributed by atoms with Gasteiger partial charge in [0.05, 0.1) is 7.11 Å². The number of hydrogen-bond acceptors (Lipinski definition) is 4. The number of pyridine rings is 1. The number of nitrogens with one attached hydrogen (secondary N) is 1. The lowest BCUT2D eigenvalue weighted by Gasteiger charge is -2.18. The molecule has 0 radical (unpaired) electrons. The molecule has 1 saturated heterocycles. The van der Waals surface area contributed by atoms with E-state index in [0.29, 0.717) is 5.92 Å². The fraction of sp³-hybridized carbons (Fsp3) is 0.389. The van der Waals surface area contributed by atoms with Crippen LogP contribution in [0.25, 0.3) is 0 Å². The van der Waals surface area contributed by atoms with Crippen molar-refractivity contribution in [1.82, 2.24) is 9.88 Å². The summed E-state index contributed by atoms with van der Waals surface area (Å²) in [5, 5.41) is 3.43. The van der Waals surface area contributed by atoms with Gasteiger partial charge in [0.2, 0.25) is 0 Å². The minimum absolute atomic E-state index is 0.678. The topological polar surface area (TPSA) is 37.4 Å². The van der Waals surface area contributed by atoms with Gasteiger partial charge in [-0.2, -0.15) is 0 Å². The highest BCUT2D eigenvalue weighted by Crippen LogP contribution is 2.23. The molecule has 1 aliphatic rings. The lowest BCUT2D eigenvalue weighted by atomic mass is 10.1. The van der Waals surface area contributed by atoms with E-state index >= 15 is 0 Å². The molecule has 1 aromatic carbocycles. The molecule has 2 heterocycles. The van der Waals surface area contributed by atoms with Gasteiger partial charge in [0.1, 0.15) is 11.6 Å². The Labute approximate surface area is 132 Å². The minimum Gasteiger partial charge on any atom is -0.496 e. The Balaban J connectivity index is 1.50. The van der Waals surface area contributed by atoms with E-state index in [2.05, 4.69) is 27.3 Å². The molecular weight excluding hydrogens is 274 g/mol. The highest BCUT2D eigenvalue weighted by atomic mass is 16.5. The zero-order chi connectivity index (χ0) is 15.2. The molecule has 1 fully saturated rings. The number of nitrogens with zero attached hydrogens (tertiary/aromatic N) is 2. The average molecular weight is 297 g/mol. The third kappa shape index (κ3) is 3.77. The molecule has 1 aromatic heterocycles. The minimum atomic E-state index is 0.678. The van der Waals surface area contributed by atoms with Crippen molar-refractivity contribution in [2.24, 2.45) is 5.92 Å². The number of anilines is 1. The molecule has 1 aliphatic heterocycles. The van der Waals surface area contributed by atoms with Crippen LogP contribution in [0.5, 0.6) is 5.75 Å². The summed E-state index contributed by atoms with van der Waals surface area (Å²) in [5.41, 5.74) is 1.27. The van der Waals surface area contributed by atoms with Crippen molar-refractivity contribution in [3.63, 3.8) is 0 Å². The molecular formula is C18H23N3O. The van der Waals surface area contributed by atoms with Crippen molar-refractivity contribution >= 4 is 5.82 Å². The first-order valence-electron chi connectivity index (χ1n) is 7.84. The lowest BCUT2D eigenvalue weighted by molar-refractivity contribution is 0.310. The first-order valence-corrected chi connectivity index (χ1v) is 7.84. The molecule has 0 saturated carbocycles. The molecule has 0 spiro atoms. The number of para-hydroxylation sites is 1. The zero-order valence-electron chi connectivity index (χ0n) is 13.0. The number of likely N-dealkylation sites (tertiary alicyclic amines) is 1. The van der Waals surface area contributed by atoms with E-state index in [-0.39, 0.29) is 0 Å². The van der Waals surface area contributed by atoms with Crippen molar-refractivity contribution in [3.8, 4) is 5.75 Å². The number of hydrogen-bond donors (Lipinski definition) is 1. The monoisotopic (exact) mass is 297 g/mol. The maximum Gasteiger partial charge on any atom is 0.125 e. The third-order valence-corrected chi connectivity index (χ3v) is 4.19. The Morgan fingerprint density at radius 3 is 2.91 bits per heavy atom. The van der Waals surface area contributed by atoms with Gasteiger partial charge in [-0.25, -0.2) is 4.98 Å². The number of ether oxygens (including phenoxy) is 1. The summed E-state index contributed by atoms with van der Waals surface area (Å²) < 4.78 is 5.44. The highest BCUT2D eigenvalue weighted by molar-refractivity contribution is 5.34. The summed E-state index contributed by atoms with van der Waals surface area (Å²) in [4.78, 5) is 6.81. The Bertz CT molecular complexity index is 588. The Kier molecular flexibility index (Phi) is 4.91. The van der Waals surface area contributed by atoms with Gasteiger partial charge in [-0.1, -0.05) is 24.3 Å². The summed E-state index contributed by atoms with van der Waals surface area (Å²) >= 11 is 0. The van der Waals surface area contributed by atoms with E-state index in [0.717, 1.165) is 37.7 Å². The standard InChI is InChI=1S/C18H23N3O/c1-22-17-7-3-2-6-16(17)14-21-11-9-15(13-21)12-20-18-8-4-5-10-19-18/h2-8,10,15H,9,11-14H2,1H3,(H,19,20)/t15-/m1/s1. The normalized spacial score (nSPS) is 18.3. The first kappa shape index (κ1) is 14.9. The Morgan fingerprint density at radius 1 is 1.23 bits per heavy atom. The molecule has 0 aliphatic carbocycles. The van der Waals surface area contributed by atoms with Gasteiger partial charge in [0.15, 0.2) is 0 Å². The molecule has 1 N–H and O–H groups in total. The fourth-order valence-electron chi connectivity index (χ4n) is 3.01. The van der Waals surface area contributed by atoms with E-state index in [9.17, 15) is 0 Å². The average Bonchev–Trinajstić information content (AvgIpc) is 3.02. The number of benzene rings is 1. The second-order valence-electron chi connectivity index (χ2n) is 5.80. The lowest BCUT2D eigenvalue weighted by Crippen LogP contribution is -2.23. The molecule has 2 aromatic rings. The summed E-state index contributed by atoms with van der Waals surface area (Å²) in [5.74, 6) is 2.62. The third-order valence-electron chi connectivity index (χ3n) is 4.19. The molecule has 4 nitrogen and oxygen atoms in total. The van der Waals surface area contributed by atoms with Gasteiger partial charge in [-0.15, -0.1) is 0 Å². The van der Waals surface area contributed by atoms with Crippen molar-refractivity contribution in [2.45, 2.75) is 13.0 Å². The van der Waals surface area contributed by atoms with Gasteiger partial charge >= 0.3 is 0 Å². The van der Waals surface area contributed by atoms with Crippen LogP contribution in [-0.2, 0) is 6.54 Å². The van der Waals surface area contributed by atoms with Crippen molar-refractivity contribution in [3.05, 3.63) is 54.2 Å². The van der Waals surface area contributed by atoms with E-state index in [4.69, 9.17) is 4.74 Å². The maximum absolute atomic E-state index is 5.44. The first-order chi connectivity index (χ1) is 10.8. The molecule has 0 amide bonds. The number of aromatic nitrogens is 1. The highest BCUT2D eigenvalue weighted by Gasteiger charge is 2.23. The quantitative estimate of drug-likeness (QED) is 0.889. The van der Waals surface area contributed by atoms with Crippen LogP contribution in [0.2, 0.25) is 0 Å². The second kappa shape index (κ2) is 7.27. The molecule has 116 valence electrons. The molecule has 1 atom stereocenters. The van der Waals surface area contributed by atoms with E-state index in [1.54, 1.807) is 7.11 Å². The summed E-state index contributed by atoms with van der Waals surface area (Å²) in [6.45, 7) is 4.22. The Hall–Kier alpha value is -2.07. The predicted octanol–water partition coefficient (Wildman–Crippen LogP) is 3.02.